The topological polar surface area (TPSA) is 127 Å². The van der Waals surface area contributed by atoms with E-state index in [2.05, 4.69) is 21.3 Å². The van der Waals surface area contributed by atoms with E-state index in [0.29, 0.717) is 16.8 Å². The van der Waals surface area contributed by atoms with Crippen molar-refractivity contribution in [3.63, 3.8) is 0 Å². The molecule has 1 atom stereocenters. The van der Waals surface area contributed by atoms with E-state index in [1.807, 2.05) is 30.3 Å². The summed E-state index contributed by atoms with van der Waals surface area (Å²) in [6.45, 7) is 1.98. The molecule has 2 aromatic heterocycles. The van der Waals surface area contributed by atoms with Crippen LogP contribution in [0.4, 0.5) is 0 Å². The van der Waals surface area contributed by atoms with Gasteiger partial charge in [0.05, 0.1) is 35.7 Å². The zero-order valence-corrected chi connectivity index (χ0v) is 16.2. The second-order valence-corrected chi connectivity index (χ2v) is 6.75. The first-order chi connectivity index (χ1) is 14.0. The number of benzene rings is 1. The minimum atomic E-state index is -0.684. The first-order valence-corrected chi connectivity index (χ1v) is 9.26. The molecule has 0 saturated heterocycles. The third-order valence-corrected chi connectivity index (χ3v) is 4.96. The minimum absolute atomic E-state index is 0.0622. The van der Waals surface area contributed by atoms with Crippen molar-refractivity contribution >= 4 is 28.5 Å². The number of aromatic amines is 1. The molecule has 146 valence electrons. The van der Waals surface area contributed by atoms with Gasteiger partial charge in [-0.25, -0.2) is 4.98 Å². The van der Waals surface area contributed by atoms with Crippen molar-refractivity contribution in [3.8, 4) is 11.9 Å². The van der Waals surface area contributed by atoms with Crippen LogP contribution in [-0.4, -0.2) is 27.8 Å². The summed E-state index contributed by atoms with van der Waals surface area (Å²) >= 11 is 6.50. The molecule has 29 heavy (non-hydrogen) atoms. The number of carbonyl (C=O) groups excluding carboxylic acids is 1. The number of ether oxygens (including phenoxy) is 2. The van der Waals surface area contributed by atoms with Crippen molar-refractivity contribution in [2.75, 3.05) is 6.61 Å². The fourth-order valence-electron chi connectivity index (χ4n) is 3.42. The van der Waals surface area contributed by atoms with Crippen LogP contribution in [0.5, 0.6) is 5.88 Å². The van der Waals surface area contributed by atoms with Crippen molar-refractivity contribution in [1.29, 1.82) is 5.26 Å². The van der Waals surface area contributed by atoms with Crippen molar-refractivity contribution in [2.24, 2.45) is 5.73 Å². The van der Waals surface area contributed by atoms with Gasteiger partial charge in [-0.1, -0.05) is 29.8 Å². The maximum Gasteiger partial charge on any atom is 0.311 e. The van der Waals surface area contributed by atoms with Crippen LogP contribution in [-0.2, 0) is 16.0 Å². The Labute approximate surface area is 170 Å². The van der Waals surface area contributed by atoms with E-state index in [0.717, 1.165) is 10.9 Å². The number of para-hydroxylation sites is 1. The molecule has 1 unspecified atom stereocenters. The summed E-state index contributed by atoms with van der Waals surface area (Å²) in [5.74, 6) is -0.989. The number of pyridine rings is 1. The van der Waals surface area contributed by atoms with Gasteiger partial charge in [-0.3, -0.25) is 9.89 Å². The Kier molecular flexibility index (Phi) is 4.82. The lowest BCUT2D eigenvalue weighted by Crippen LogP contribution is -2.22. The number of allylic oxidation sites excluding steroid dienone is 1. The number of hydrogen-bond acceptors (Lipinski definition) is 7. The van der Waals surface area contributed by atoms with Crippen molar-refractivity contribution in [3.05, 3.63) is 63.8 Å². The number of H-pyrrole nitrogens is 1. The van der Waals surface area contributed by atoms with Gasteiger partial charge in [-0.15, -0.1) is 5.10 Å². The Morgan fingerprint density at radius 3 is 3.00 bits per heavy atom. The summed E-state index contributed by atoms with van der Waals surface area (Å²) in [5, 5.41) is 17.8. The highest BCUT2D eigenvalue weighted by Crippen LogP contribution is 2.45. The number of esters is 1. The highest BCUT2D eigenvalue weighted by Gasteiger charge is 2.37. The van der Waals surface area contributed by atoms with Gasteiger partial charge in [0.25, 0.3) is 0 Å². The third-order valence-electron chi connectivity index (χ3n) is 4.66. The lowest BCUT2D eigenvalue weighted by molar-refractivity contribution is -0.142. The number of aromatic nitrogens is 3. The van der Waals surface area contributed by atoms with Crippen LogP contribution in [0.3, 0.4) is 0 Å². The number of rotatable bonds is 4. The van der Waals surface area contributed by atoms with Crippen LogP contribution in [0.2, 0.25) is 5.15 Å². The minimum Gasteiger partial charge on any atom is -0.466 e. The van der Waals surface area contributed by atoms with E-state index in [1.54, 1.807) is 6.92 Å². The van der Waals surface area contributed by atoms with Gasteiger partial charge in [0.15, 0.2) is 0 Å². The number of nitrogens with one attached hydrogen (secondary N) is 1. The summed E-state index contributed by atoms with van der Waals surface area (Å²) in [5.41, 5.74) is 8.43. The number of carbonyl (C=O) groups is 1. The molecule has 1 aromatic carbocycles. The molecule has 3 aromatic rings. The largest absolute Gasteiger partial charge is 0.466 e. The van der Waals surface area contributed by atoms with Gasteiger partial charge in [-0.05, 0) is 19.1 Å². The lowest BCUT2D eigenvalue weighted by atomic mass is 9.84. The highest BCUT2D eigenvalue weighted by atomic mass is 35.5. The van der Waals surface area contributed by atoms with E-state index in [9.17, 15) is 10.1 Å². The maximum absolute atomic E-state index is 12.0. The molecule has 0 amide bonds. The van der Waals surface area contributed by atoms with Gasteiger partial charge in [0, 0.05) is 10.9 Å². The Morgan fingerprint density at radius 1 is 1.45 bits per heavy atom. The van der Waals surface area contributed by atoms with Gasteiger partial charge in [-0.2, -0.15) is 5.26 Å². The van der Waals surface area contributed by atoms with Crippen molar-refractivity contribution in [1.82, 2.24) is 15.2 Å². The second-order valence-electron chi connectivity index (χ2n) is 6.39. The average Bonchev–Trinajstić information content (AvgIpc) is 3.08. The number of nitriles is 1. The van der Waals surface area contributed by atoms with Crippen LogP contribution >= 0.6 is 11.6 Å². The Balaban J connectivity index is 1.91. The van der Waals surface area contributed by atoms with E-state index < -0.39 is 11.9 Å². The molecular formula is C20H16ClN5O3. The van der Waals surface area contributed by atoms with Gasteiger partial charge >= 0.3 is 5.97 Å². The van der Waals surface area contributed by atoms with E-state index in [-0.39, 0.29) is 35.5 Å². The molecule has 0 radical (unpaired) electrons. The van der Waals surface area contributed by atoms with Crippen LogP contribution in [0.25, 0.3) is 10.9 Å². The molecule has 1 aliphatic heterocycles. The quantitative estimate of drug-likeness (QED) is 0.500. The Hall–Kier alpha value is -3.57. The second kappa shape index (κ2) is 7.45. The molecule has 3 N–H and O–H groups in total. The molecule has 1 aliphatic rings. The van der Waals surface area contributed by atoms with Crippen molar-refractivity contribution < 1.29 is 14.3 Å². The summed E-state index contributed by atoms with van der Waals surface area (Å²) in [7, 11) is 0. The van der Waals surface area contributed by atoms with Crippen LogP contribution < -0.4 is 10.5 Å². The molecule has 4 rings (SSSR count). The van der Waals surface area contributed by atoms with Gasteiger partial charge < -0.3 is 15.2 Å². The fourth-order valence-corrected chi connectivity index (χ4v) is 3.68. The smallest absolute Gasteiger partial charge is 0.311 e. The summed E-state index contributed by atoms with van der Waals surface area (Å²) in [6.07, 6.45) is -0.0622. The Morgan fingerprint density at radius 2 is 2.24 bits per heavy atom. The molecule has 0 spiro atoms. The SMILES string of the molecule is CCOC(=O)Cc1[nH]nc2c1C(c1cc3ccccc3nc1Cl)C(C#N)=C(N)O2. The third kappa shape index (κ3) is 3.26. The predicted molar refractivity (Wildman–Crippen MR) is 105 cm³/mol. The summed E-state index contributed by atoms with van der Waals surface area (Å²) < 4.78 is 10.5. The van der Waals surface area contributed by atoms with Crippen LogP contribution in [0.1, 0.15) is 29.7 Å². The summed E-state index contributed by atoms with van der Waals surface area (Å²) in [4.78, 5) is 16.5. The lowest BCUT2D eigenvalue weighted by Gasteiger charge is -2.24. The molecule has 9 heteroatoms. The molecule has 0 fully saturated rings. The monoisotopic (exact) mass is 409 g/mol. The molecule has 0 aliphatic carbocycles. The van der Waals surface area contributed by atoms with Crippen LogP contribution in [0, 0.1) is 11.3 Å². The number of hydrogen-bond donors (Lipinski definition) is 2. The number of fused-ring (bicyclic) bond motifs is 2. The Bertz CT molecular complexity index is 1190. The maximum atomic E-state index is 12.0. The first-order valence-electron chi connectivity index (χ1n) is 8.89. The highest BCUT2D eigenvalue weighted by molar-refractivity contribution is 6.30. The normalized spacial score (nSPS) is 15.6. The molecule has 3 heterocycles. The molecular weight excluding hydrogens is 394 g/mol. The molecule has 0 saturated carbocycles. The number of nitrogens with zero attached hydrogens (tertiary/aromatic N) is 3. The fraction of sp³-hybridized carbons (Fsp3) is 0.200. The van der Waals surface area contributed by atoms with E-state index in [4.69, 9.17) is 26.8 Å². The molecule has 0 bridgehead atoms. The van der Waals surface area contributed by atoms with Gasteiger partial charge in [0.2, 0.25) is 11.8 Å². The zero-order chi connectivity index (χ0) is 20.5. The summed E-state index contributed by atoms with van der Waals surface area (Å²) in [6, 6.07) is 11.5. The van der Waals surface area contributed by atoms with Crippen LogP contribution in [0.15, 0.2) is 41.8 Å². The van der Waals surface area contributed by atoms with Crippen molar-refractivity contribution in [2.45, 2.75) is 19.3 Å². The predicted octanol–water partition coefficient (Wildman–Crippen LogP) is 2.94. The molecule has 8 nitrogen and oxygen atoms in total. The average molecular weight is 410 g/mol. The first kappa shape index (κ1) is 18.8. The van der Waals surface area contributed by atoms with E-state index >= 15 is 0 Å². The standard InChI is InChI=1S/C20H16ClN5O3/c1-2-28-15(27)8-14-17-16(12(9-22)19(23)29-20(17)26-25-14)11-7-10-5-3-4-6-13(10)24-18(11)21/h3-7,16H,2,8,23H2,1H3,(H,25,26). The zero-order valence-electron chi connectivity index (χ0n) is 15.4. The van der Waals surface area contributed by atoms with Gasteiger partial charge in [0.1, 0.15) is 16.8 Å². The number of nitrogens with two attached hydrogens (primary N) is 1. The van der Waals surface area contributed by atoms with E-state index in [1.165, 1.54) is 0 Å². The number of halogens is 1.